The average Bonchev–Trinajstić information content (AvgIpc) is 3.11. The Morgan fingerprint density at radius 3 is 2.53 bits per heavy atom. The second kappa shape index (κ2) is 10.6. The summed E-state index contributed by atoms with van der Waals surface area (Å²) in [5.41, 5.74) is 3.42. The molecular weight excluding hydrogens is 456 g/mol. The van der Waals surface area contributed by atoms with Gasteiger partial charge in [-0.25, -0.2) is 0 Å². The van der Waals surface area contributed by atoms with Crippen molar-refractivity contribution in [3.63, 3.8) is 0 Å². The maximum absolute atomic E-state index is 13.8. The van der Waals surface area contributed by atoms with Crippen LogP contribution in [0.25, 0.3) is 11.0 Å². The van der Waals surface area contributed by atoms with E-state index in [-0.39, 0.29) is 17.1 Å². The molecule has 0 spiro atoms. The van der Waals surface area contributed by atoms with Crippen molar-refractivity contribution in [2.24, 2.45) is 0 Å². The van der Waals surface area contributed by atoms with Gasteiger partial charge in [-0.15, -0.1) is 0 Å². The van der Waals surface area contributed by atoms with Gasteiger partial charge in [0.2, 0.25) is 5.76 Å². The molecule has 1 aliphatic rings. The van der Waals surface area contributed by atoms with E-state index in [4.69, 9.17) is 13.9 Å². The van der Waals surface area contributed by atoms with Crippen LogP contribution < -0.4 is 14.9 Å². The molecule has 0 unspecified atom stereocenters. The molecule has 0 radical (unpaired) electrons. The maximum Gasteiger partial charge on any atom is 0.290 e. The molecule has 1 aliphatic heterocycles. The summed E-state index contributed by atoms with van der Waals surface area (Å²) in [6, 6.07) is 8.67. The first-order valence-electron chi connectivity index (χ1n) is 12.3. The highest BCUT2D eigenvalue weighted by Crippen LogP contribution is 2.41. The van der Waals surface area contributed by atoms with Gasteiger partial charge in [0.15, 0.2) is 16.9 Å². The number of ether oxygens (including phenoxy) is 2. The molecule has 1 atom stereocenters. The van der Waals surface area contributed by atoms with Crippen molar-refractivity contribution in [3.05, 3.63) is 81.2 Å². The van der Waals surface area contributed by atoms with Gasteiger partial charge in [-0.1, -0.05) is 18.7 Å². The van der Waals surface area contributed by atoms with Crippen molar-refractivity contribution in [2.75, 3.05) is 40.4 Å². The normalized spacial score (nSPS) is 15.0. The van der Waals surface area contributed by atoms with E-state index in [2.05, 4.69) is 11.5 Å². The number of carbonyl (C=O) groups excluding carboxylic acids is 1. The third kappa shape index (κ3) is 4.75. The van der Waals surface area contributed by atoms with Crippen LogP contribution in [0.15, 0.2) is 52.2 Å². The zero-order chi connectivity index (χ0) is 26.0. The Hall–Kier alpha value is -3.58. The van der Waals surface area contributed by atoms with E-state index in [1.54, 1.807) is 11.0 Å². The highest BCUT2D eigenvalue weighted by molar-refractivity contribution is 5.99. The number of nitrogens with zero attached hydrogens (tertiary/aromatic N) is 2. The molecule has 190 valence electrons. The molecule has 4 rings (SSSR count). The smallest absolute Gasteiger partial charge is 0.290 e. The van der Waals surface area contributed by atoms with Crippen LogP contribution in [0, 0.1) is 13.8 Å². The van der Waals surface area contributed by atoms with E-state index in [1.807, 2.05) is 65.2 Å². The fourth-order valence-corrected chi connectivity index (χ4v) is 4.64. The summed E-state index contributed by atoms with van der Waals surface area (Å²) in [6.45, 7) is 11.6. The predicted octanol–water partition coefficient (Wildman–Crippen LogP) is 4.87. The summed E-state index contributed by atoms with van der Waals surface area (Å²) in [4.78, 5) is 31.3. The zero-order valence-corrected chi connectivity index (χ0v) is 21.7. The summed E-state index contributed by atoms with van der Waals surface area (Å²) in [5.74, 6) is 0.995. The standard InChI is InChI=1S/C29H34N2O5/c1-7-14-35-22-11-10-20(17-24(22)34-8-2)26-25-27(32)21-15-18(3)19(4)16-23(21)36-28(25)29(33)31(26)13-9-12-30(5)6/h7,10-11,15-17,26H,1,8-9,12-14H2,2-6H3/t26-/m1/s1. The summed E-state index contributed by atoms with van der Waals surface area (Å²) < 4.78 is 17.7. The van der Waals surface area contributed by atoms with Crippen LogP contribution >= 0.6 is 0 Å². The monoisotopic (exact) mass is 490 g/mol. The SMILES string of the molecule is C=CCOc1ccc([C@@H]2c3c(oc4cc(C)c(C)cc4c3=O)C(=O)N2CCCN(C)C)cc1OCC. The van der Waals surface area contributed by atoms with Crippen LogP contribution in [0.4, 0.5) is 0 Å². The first kappa shape index (κ1) is 25.5. The van der Waals surface area contributed by atoms with Gasteiger partial charge >= 0.3 is 0 Å². The van der Waals surface area contributed by atoms with Gasteiger partial charge in [0.1, 0.15) is 12.2 Å². The fourth-order valence-electron chi connectivity index (χ4n) is 4.64. The van der Waals surface area contributed by atoms with E-state index >= 15 is 0 Å². The van der Waals surface area contributed by atoms with Gasteiger partial charge in [0.05, 0.1) is 23.6 Å². The Morgan fingerprint density at radius 1 is 1.08 bits per heavy atom. The zero-order valence-electron chi connectivity index (χ0n) is 21.7. The fraction of sp³-hybridized carbons (Fsp3) is 0.379. The van der Waals surface area contributed by atoms with Crippen molar-refractivity contribution in [1.82, 2.24) is 9.80 Å². The topological polar surface area (TPSA) is 72.2 Å². The van der Waals surface area contributed by atoms with Gasteiger partial charge < -0.3 is 23.7 Å². The number of aryl methyl sites for hydroxylation is 2. The number of benzene rings is 2. The van der Waals surface area contributed by atoms with Gasteiger partial charge in [-0.3, -0.25) is 9.59 Å². The highest BCUT2D eigenvalue weighted by atomic mass is 16.5. The van der Waals surface area contributed by atoms with Gasteiger partial charge in [-0.2, -0.15) is 0 Å². The largest absolute Gasteiger partial charge is 0.490 e. The number of amides is 1. The molecule has 0 bridgehead atoms. The Labute approximate surface area is 211 Å². The number of rotatable bonds is 10. The van der Waals surface area contributed by atoms with Gasteiger partial charge in [0, 0.05) is 6.54 Å². The van der Waals surface area contributed by atoms with Crippen molar-refractivity contribution >= 4 is 16.9 Å². The lowest BCUT2D eigenvalue weighted by atomic mass is 9.97. The van der Waals surface area contributed by atoms with E-state index in [0.29, 0.717) is 47.8 Å². The van der Waals surface area contributed by atoms with Crippen LogP contribution in [0.5, 0.6) is 11.5 Å². The lowest BCUT2D eigenvalue weighted by Gasteiger charge is -2.26. The van der Waals surface area contributed by atoms with Crippen LogP contribution in [0.1, 0.15) is 52.2 Å². The van der Waals surface area contributed by atoms with Crippen LogP contribution in [0.2, 0.25) is 0 Å². The summed E-state index contributed by atoms with van der Waals surface area (Å²) in [7, 11) is 3.99. The van der Waals surface area contributed by atoms with Crippen LogP contribution in [-0.4, -0.2) is 56.1 Å². The molecule has 3 aromatic rings. The molecule has 36 heavy (non-hydrogen) atoms. The molecule has 2 heterocycles. The lowest BCUT2D eigenvalue weighted by Crippen LogP contribution is -2.32. The first-order valence-corrected chi connectivity index (χ1v) is 12.3. The Bertz CT molecular complexity index is 1360. The van der Waals surface area contributed by atoms with E-state index < -0.39 is 6.04 Å². The van der Waals surface area contributed by atoms with E-state index in [9.17, 15) is 9.59 Å². The number of fused-ring (bicyclic) bond motifs is 2. The minimum absolute atomic E-state index is 0.121. The van der Waals surface area contributed by atoms with E-state index in [0.717, 1.165) is 29.7 Å². The number of hydrogen-bond donors (Lipinski definition) is 0. The Balaban J connectivity index is 1.88. The molecule has 0 saturated carbocycles. The minimum atomic E-state index is -0.579. The minimum Gasteiger partial charge on any atom is -0.490 e. The number of carbonyl (C=O) groups is 1. The van der Waals surface area contributed by atoms with Crippen molar-refractivity contribution in [1.29, 1.82) is 0 Å². The third-order valence-corrected chi connectivity index (χ3v) is 6.53. The quantitative estimate of drug-likeness (QED) is 0.378. The van der Waals surface area contributed by atoms with E-state index in [1.165, 1.54) is 0 Å². The molecule has 0 N–H and O–H groups in total. The van der Waals surface area contributed by atoms with Crippen molar-refractivity contribution in [3.8, 4) is 11.5 Å². The molecule has 7 heteroatoms. The molecule has 0 aliphatic carbocycles. The summed E-state index contributed by atoms with van der Waals surface area (Å²) >= 11 is 0. The molecule has 7 nitrogen and oxygen atoms in total. The Kier molecular flexibility index (Phi) is 7.50. The van der Waals surface area contributed by atoms with Crippen molar-refractivity contribution < 1.29 is 18.7 Å². The average molecular weight is 491 g/mol. The highest BCUT2D eigenvalue weighted by Gasteiger charge is 2.42. The van der Waals surface area contributed by atoms with Gasteiger partial charge in [-0.05, 0) is 88.8 Å². The second-order valence-electron chi connectivity index (χ2n) is 9.40. The molecule has 0 saturated heterocycles. The summed E-state index contributed by atoms with van der Waals surface area (Å²) in [5, 5.41) is 0.487. The predicted molar refractivity (Wildman–Crippen MR) is 141 cm³/mol. The molecule has 0 fully saturated rings. The van der Waals surface area contributed by atoms with Crippen molar-refractivity contribution in [2.45, 2.75) is 33.2 Å². The second-order valence-corrected chi connectivity index (χ2v) is 9.40. The maximum atomic E-state index is 13.8. The van der Waals surface area contributed by atoms with Gasteiger partial charge in [0.25, 0.3) is 5.91 Å². The molecular formula is C29H34N2O5. The lowest BCUT2D eigenvalue weighted by molar-refractivity contribution is 0.0722. The Morgan fingerprint density at radius 2 is 1.83 bits per heavy atom. The third-order valence-electron chi connectivity index (χ3n) is 6.53. The number of hydrogen-bond acceptors (Lipinski definition) is 6. The molecule has 1 amide bonds. The molecule has 2 aromatic carbocycles. The summed E-state index contributed by atoms with van der Waals surface area (Å²) in [6.07, 6.45) is 2.43. The first-order chi connectivity index (χ1) is 17.3. The molecule has 1 aromatic heterocycles. The van der Waals surface area contributed by atoms with Crippen LogP contribution in [-0.2, 0) is 0 Å². The van der Waals surface area contributed by atoms with Crippen LogP contribution in [0.3, 0.4) is 0 Å².